The molecule has 7 heteroatoms. The Hall–Kier alpha value is -2.51. The molecule has 2 heterocycles. The molecule has 1 aromatic heterocycles. The highest BCUT2D eigenvalue weighted by Gasteiger charge is 2.52. The van der Waals surface area contributed by atoms with E-state index in [4.69, 9.17) is 4.74 Å². The van der Waals surface area contributed by atoms with Crippen molar-refractivity contribution in [2.45, 2.75) is 57.8 Å². The minimum Gasteiger partial charge on any atom is -0.478 e. The predicted molar refractivity (Wildman–Crippen MR) is 125 cm³/mol. The molecule has 1 aliphatic heterocycles. The van der Waals surface area contributed by atoms with Crippen molar-refractivity contribution in [2.75, 3.05) is 18.2 Å². The van der Waals surface area contributed by atoms with Crippen molar-refractivity contribution in [3.05, 3.63) is 58.8 Å². The topological polar surface area (TPSA) is 79.7 Å². The highest BCUT2D eigenvalue weighted by atomic mass is 28.3. The molecule has 0 saturated heterocycles. The molecule has 0 saturated carbocycles. The zero-order chi connectivity index (χ0) is 23.0. The monoisotopic (exact) mass is 440 g/mol. The summed E-state index contributed by atoms with van der Waals surface area (Å²) < 4.78 is 5.90. The van der Waals surface area contributed by atoms with Gasteiger partial charge in [-0.05, 0) is 49.1 Å². The first-order valence-corrected chi connectivity index (χ1v) is 14.4. The largest absolute Gasteiger partial charge is 0.478 e. The number of ether oxygens (including phenoxy) is 1. The number of hydrogen-bond donors (Lipinski definition) is 1. The number of carbonyl (C=O) groups excluding carboxylic acids is 1. The summed E-state index contributed by atoms with van der Waals surface area (Å²) in [5.74, 6) is -0.511. The van der Waals surface area contributed by atoms with Crippen LogP contribution in [0.1, 0.15) is 46.8 Å². The third kappa shape index (κ3) is 4.43. The number of fused-ring (bicyclic) bond motifs is 1. The summed E-state index contributed by atoms with van der Waals surface area (Å²) in [5.41, 5.74) is 1.95. The van der Waals surface area contributed by atoms with Crippen molar-refractivity contribution in [3.63, 3.8) is 0 Å². The van der Waals surface area contributed by atoms with Gasteiger partial charge in [-0.1, -0.05) is 44.8 Å². The standard InChI is InChI=1S/C24H32N2O4Si/c1-16-14-18(9-10-19(16)22(27)28)17(2)24(3)20-8-7-11-25-21(20)26(23(24)29)15-30-12-13-31(4,5)6/h7-11,14,17H,12-13,15H2,1-6H3,(H,27,28)/t17-,24+/m1/s1. The van der Waals surface area contributed by atoms with E-state index < -0.39 is 19.5 Å². The minimum absolute atomic E-state index is 0.0401. The molecule has 3 rings (SSSR count). The smallest absolute Gasteiger partial charge is 0.335 e. The molecule has 1 amide bonds. The molecule has 31 heavy (non-hydrogen) atoms. The number of aromatic nitrogens is 1. The molecule has 0 unspecified atom stereocenters. The van der Waals surface area contributed by atoms with Gasteiger partial charge in [0, 0.05) is 26.4 Å². The minimum atomic E-state index is -1.22. The Bertz CT molecular complexity index is 1000. The molecule has 1 N–H and O–H groups in total. The van der Waals surface area contributed by atoms with Gasteiger partial charge in [0.1, 0.15) is 12.5 Å². The lowest BCUT2D eigenvalue weighted by Crippen LogP contribution is -2.42. The molecular formula is C24H32N2O4Si. The van der Waals surface area contributed by atoms with Crippen LogP contribution < -0.4 is 4.90 Å². The average Bonchev–Trinajstić information content (AvgIpc) is 2.92. The van der Waals surface area contributed by atoms with E-state index in [-0.39, 0.29) is 24.1 Å². The van der Waals surface area contributed by atoms with E-state index in [1.165, 1.54) is 0 Å². The number of rotatable bonds is 8. The van der Waals surface area contributed by atoms with Gasteiger partial charge in [0.15, 0.2) is 0 Å². The third-order valence-corrected chi connectivity index (χ3v) is 8.06. The first-order valence-electron chi connectivity index (χ1n) is 10.7. The van der Waals surface area contributed by atoms with Gasteiger partial charge < -0.3 is 9.84 Å². The Morgan fingerprint density at radius 1 is 1.29 bits per heavy atom. The highest BCUT2D eigenvalue weighted by molar-refractivity contribution is 6.76. The van der Waals surface area contributed by atoms with Crippen molar-refractivity contribution in [1.82, 2.24) is 4.98 Å². The molecule has 0 fully saturated rings. The van der Waals surface area contributed by atoms with Crippen LogP contribution in [0.5, 0.6) is 0 Å². The van der Waals surface area contributed by atoms with E-state index in [2.05, 4.69) is 24.6 Å². The molecule has 6 nitrogen and oxygen atoms in total. The predicted octanol–water partition coefficient (Wildman–Crippen LogP) is 4.81. The second-order valence-corrected chi connectivity index (χ2v) is 15.4. The number of aryl methyl sites for hydroxylation is 1. The molecular weight excluding hydrogens is 408 g/mol. The molecule has 0 aliphatic carbocycles. The summed E-state index contributed by atoms with van der Waals surface area (Å²) in [6, 6.07) is 10.1. The average molecular weight is 441 g/mol. The van der Waals surface area contributed by atoms with Crippen molar-refractivity contribution in [1.29, 1.82) is 0 Å². The van der Waals surface area contributed by atoms with Crippen molar-refractivity contribution >= 4 is 25.8 Å². The molecule has 0 spiro atoms. The fraction of sp³-hybridized carbons (Fsp3) is 0.458. The van der Waals surface area contributed by atoms with Crippen LogP contribution in [-0.2, 0) is 14.9 Å². The first-order chi connectivity index (χ1) is 14.5. The van der Waals surface area contributed by atoms with Gasteiger partial charge in [-0.25, -0.2) is 9.78 Å². The lowest BCUT2D eigenvalue weighted by Gasteiger charge is -2.31. The Balaban J connectivity index is 1.90. The fourth-order valence-corrected chi connectivity index (χ4v) is 4.87. The number of amides is 1. The van der Waals surface area contributed by atoms with Crippen LogP contribution in [0.15, 0.2) is 36.5 Å². The summed E-state index contributed by atoms with van der Waals surface area (Å²) in [4.78, 5) is 31.2. The lowest BCUT2D eigenvalue weighted by atomic mass is 9.70. The third-order valence-electron chi connectivity index (χ3n) is 6.35. The van der Waals surface area contributed by atoms with Gasteiger partial charge in [0.05, 0.1) is 11.0 Å². The van der Waals surface area contributed by atoms with Crippen LogP contribution in [-0.4, -0.2) is 43.4 Å². The number of aromatic carboxylic acids is 1. The quantitative estimate of drug-likeness (QED) is 0.471. The van der Waals surface area contributed by atoms with Crippen LogP contribution >= 0.6 is 0 Å². The van der Waals surface area contributed by atoms with Gasteiger partial charge in [-0.15, -0.1) is 0 Å². The van der Waals surface area contributed by atoms with E-state index in [9.17, 15) is 14.7 Å². The number of carbonyl (C=O) groups is 2. The summed E-state index contributed by atoms with van der Waals surface area (Å²) in [6.07, 6.45) is 1.70. The number of pyridine rings is 1. The Labute approximate surface area is 185 Å². The Kier molecular flexibility index (Phi) is 6.39. The normalized spacial score (nSPS) is 19.4. The Morgan fingerprint density at radius 3 is 2.61 bits per heavy atom. The van der Waals surface area contributed by atoms with Crippen molar-refractivity contribution in [2.24, 2.45) is 0 Å². The van der Waals surface area contributed by atoms with Crippen molar-refractivity contribution in [3.8, 4) is 0 Å². The van der Waals surface area contributed by atoms with Crippen LogP contribution in [0, 0.1) is 6.92 Å². The number of carboxylic acid groups (broad SMARTS) is 1. The maximum Gasteiger partial charge on any atom is 0.335 e. The highest BCUT2D eigenvalue weighted by Crippen LogP contribution is 2.48. The van der Waals surface area contributed by atoms with E-state index in [0.717, 1.165) is 17.2 Å². The van der Waals surface area contributed by atoms with Crippen molar-refractivity contribution < 1.29 is 19.4 Å². The van der Waals surface area contributed by atoms with E-state index in [1.54, 1.807) is 24.1 Å². The number of benzene rings is 1. The zero-order valence-corrected chi connectivity index (χ0v) is 20.2. The van der Waals surface area contributed by atoms with E-state index in [0.29, 0.717) is 18.0 Å². The van der Waals surface area contributed by atoms with Gasteiger partial charge >= 0.3 is 5.97 Å². The molecule has 1 aromatic carbocycles. The number of carboxylic acids is 1. The molecule has 0 bridgehead atoms. The van der Waals surface area contributed by atoms with Crippen LogP contribution in [0.25, 0.3) is 0 Å². The molecule has 2 aromatic rings. The molecule has 1 aliphatic rings. The second kappa shape index (κ2) is 8.55. The lowest BCUT2D eigenvalue weighted by molar-refractivity contribution is -0.124. The molecule has 166 valence electrons. The molecule has 2 atom stereocenters. The van der Waals surface area contributed by atoms with Gasteiger partial charge in [-0.3, -0.25) is 9.69 Å². The maximum atomic E-state index is 13.7. The first kappa shape index (κ1) is 23.2. The summed E-state index contributed by atoms with van der Waals surface area (Å²) in [7, 11) is -1.22. The van der Waals surface area contributed by atoms with E-state index >= 15 is 0 Å². The number of nitrogens with zero attached hydrogens (tertiary/aromatic N) is 2. The SMILES string of the molecule is Cc1cc([C@@H](C)[C@]2(C)C(=O)N(COCC[Si](C)(C)C)c3ncccc32)ccc1C(=O)O. The maximum absolute atomic E-state index is 13.7. The van der Waals surface area contributed by atoms with Crippen LogP contribution in [0.3, 0.4) is 0 Å². The number of hydrogen-bond acceptors (Lipinski definition) is 4. The van der Waals surface area contributed by atoms with Crippen LogP contribution in [0.4, 0.5) is 5.82 Å². The Morgan fingerprint density at radius 2 is 2.00 bits per heavy atom. The second-order valence-electron chi connectivity index (χ2n) is 9.76. The van der Waals surface area contributed by atoms with Gasteiger partial charge in [-0.2, -0.15) is 0 Å². The van der Waals surface area contributed by atoms with Crippen LogP contribution in [0.2, 0.25) is 25.7 Å². The summed E-state index contributed by atoms with van der Waals surface area (Å²) >= 11 is 0. The molecule has 0 radical (unpaired) electrons. The van der Waals surface area contributed by atoms with Gasteiger partial charge in [0.25, 0.3) is 0 Å². The summed E-state index contributed by atoms with van der Waals surface area (Å²) in [6.45, 7) is 13.4. The van der Waals surface area contributed by atoms with E-state index in [1.807, 2.05) is 38.1 Å². The summed E-state index contributed by atoms with van der Waals surface area (Å²) in [5, 5.41) is 9.34. The fourth-order valence-electron chi connectivity index (χ4n) is 4.11. The zero-order valence-electron chi connectivity index (χ0n) is 19.2. The van der Waals surface area contributed by atoms with Gasteiger partial charge in [0.2, 0.25) is 5.91 Å². The number of anilines is 1.